The topological polar surface area (TPSA) is 50.4 Å². The van der Waals surface area contributed by atoms with E-state index in [1.807, 2.05) is 0 Å². The van der Waals surface area contributed by atoms with E-state index >= 15 is 0 Å². The Morgan fingerprint density at radius 3 is 2.57 bits per heavy atom. The van der Waals surface area contributed by atoms with E-state index in [-0.39, 0.29) is 23.7 Å². The molecule has 1 saturated heterocycles. The molecule has 1 amide bonds. The molecule has 21 heavy (non-hydrogen) atoms. The van der Waals surface area contributed by atoms with E-state index in [9.17, 15) is 4.79 Å². The van der Waals surface area contributed by atoms with Crippen LogP contribution in [0.15, 0.2) is 0 Å². The minimum absolute atomic E-state index is 0. The van der Waals surface area contributed by atoms with Crippen LogP contribution >= 0.6 is 12.4 Å². The number of amides is 1. The van der Waals surface area contributed by atoms with Crippen LogP contribution in [0.25, 0.3) is 0 Å². The van der Waals surface area contributed by atoms with Crippen LogP contribution in [0.2, 0.25) is 0 Å². The fourth-order valence-electron chi connectivity index (χ4n) is 3.64. The van der Waals surface area contributed by atoms with E-state index in [4.69, 9.17) is 4.74 Å². The number of halogens is 1. The van der Waals surface area contributed by atoms with Gasteiger partial charge in [0.1, 0.15) is 0 Å². The summed E-state index contributed by atoms with van der Waals surface area (Å²) in [7, 11) is 1.76. The predicted molar refractivity (Wildman–Crippen MR) is 87.9 cm³/mol. The third kappa shape index (κ3) is 6.13. The molecule has 0 spiro atoms. The normalized spacial score (nSPS) is 21.8. The number of piperidine rings is 1. The van der Waals surface area contributed by atoms with Crippen molar-refractivity contribution in [2.75, 3.05) is 33.4 Å². The van der Waals surface area contributed by atoms with Crippen LogP contribution in [-0.2, 0) is 9.53 Å². The number of nitrogens with one attached hydrogen (secondary N) is 2. The van der Waals surface area contributed by atoms with Gasteiger partial charge in [0.25, 0.3) is 0 Å². The van der Waals surface area contributed by atoms with Crippen LogP contribution < -0.4 is 10.6 Å². The van der Waals surface area contributed by atoms with Gasteiger partial charge < -0.3 is 15.4 Å². The van der Waals surface area contributed by atoms with Crippen molar-refractivity contribution in [3.05, 3.63) is 0 Å². The molecular formula is C16H31ClN2O2. The maximum atomic E-state index is 12.0. The van der Waals surface area contributed by atoms with Gasteiger partial charge in [0.2, 0.25) is 5.91 Å². The monoisotopic (exact) mass is 318 g/mol. The van der Waals surface area contributed by atoms with Crippen molar-refractivity contribution >= 4 is 18.3 Å². The molecule has 0 radical (unpaired) electrons. The molecule has 0 aromatic rings. The smallest absolute Gasteiger partial charge is 0.220 e. The Morgan fingerprint density at radius 1 is 1.29 bits per heavy atom. The summed E-state index contributed by atoms with van der Waals surface area (Å²) >= 11 is 0. The van der Waals surface area contributed by atoms with Crippen molar-refractivity contribution in [3.8, 4) is 0 Å². The molecule has 1 aliphatic heterocycles. The lowest BCUT2D eigenvalue weighted by Gasteiger charge is -2.37. The van der Waals surface area contributed by atoms with Gasteiger partial charge in [0, 0.05) is 25.5 Å². The Morgan fingerprint density at radius 2 is 1.95 bits per heavy atom. The summed E-state index contributed by atoms with van der Waals surface area (Å²) < 4.78 is 5.38. The Balaban J connectivity index is 0.00000220. The largest absolute Gasteiger partial charge is 0.384 e. The molecule has 0 unspecified atom stereocenters. The van der Waals surface area contributed by atoms with Crippen molar-refractivity contribution in [3.63, 3.8) is 0 Å². The zero-order valence-corrected chi connectivity index (χ0v) is 14.1. The van der Waals surface area contributed by atoms with E-state index < -0.39 is 0 Å². The number of ether oxygens (including phenoxy) is 1. The van der Waals surface area contributed by atoms with Gasteiger partial charge in [-0.05, 0) is 38.3 Å². The third-order valence-corrected chi connectivity index (χ3v) is 5.03. The first-order chi connectivity index (χ1) is 9.74. The maximum absolute atomic E-state index is 12.0. The second-order valence-electron chi connectivity index (χ2n) is 6.65. The Bertz CT molecular complexity index is 295. The van der Waals surface area contributed by atoms with Crippen LogP contribution in [0.4, 0.5) is 0 Å². The molecule has 0 bridgehead atoms. The van der Waals surface area contributed by atoms with Crippen LogP contribution in [0.5, 0.6) is 0 Å². The predicted octanol–water partition coefficient (Wildman–Crippen LogP) is 2.51. The molecule has 0 aromatic carbocycles. The first-order valence-electron chi connectivity index (χ1n) is 8.20. The molecule has 1 aliphatic carbocycles. The molecule has 2 aliphatic rings. The quantitative estimate of drug-likeness (QED) is 0.758. The molecule has 0 atom stereocenters. The molecule has 2 N–H and O–H groups in total. The van der Waals surface area contributed by atoms with Crippen molar-refractivity contribution in [2.24, 2.45) is 11.3 Å². The molecular weight excluding hydrogens is 288 g/mol. The van der Waals surface area contributed by atoms with E-state index in [0.29, 0.717) is 6.42 Å². The average Bonchev–Trinajstić information content (AvgIpc) is 2.98. The molecule has 1 saturated carbocycles. The fraction of sp³-hybridized carbons (Fsp3) is 0.938. The minimum Gasteiger partial charge on any atom is -0.384 e. The van der Waals surface area contributed by atoms with Gasteiger partial charge >= 0.3 is 0 Å². The summed E-state index contributed by atoms with van der Waals surface area (Å²) in [6.07, 6.45) is 9.32. The molecule has 5 heteroatoms. The molecule has 1 heterocycles. The standard InChI is InChI=1S/C16H30N2O2.ClH/c1-20-13-16(8-10-17-11-9-16)12-18-15(19)7-6-14-4-2-3-5-14;/h14,17H,2-13H2,1H3,(H,18,19);1H. The van der Waals surface area contributed by atoms with Crippen LogP contribution in [-0.4, -0.2) is 39.3 Å². The molecule has 0 aromatic heterocycles. The molecule has 124 valence electrons. The highest BCUT2D eigenvalue weighted by Crippen LogP contribution is 2.29. The summed E-state index contributed by atoms with van der Waals surface area (Å²) in [6, 6.07) is 0. The van der Waals surface area contributed by atoms with E-state index in [1.165, 1.54) is 25.7 Å². The first kappa shape index (κ1) is 18.7. The third-order valence-electron chi connectivity index (χ3n) is 5.03. The highest BCUT2D eigenvalue weighted by atomic mass is 35.5. The van der Waals surface area contributed by atoms with Gasteiger partial charge in [-0.15, -0.1) is 12.4 Å². The number of hydrogen-bond acceptors (Lipinski definition) is 3. The van der Waals surface area contributed by atoms with Gasteiger partial charge in [-0.3, -0.25) is 4.79 Å². The van der Waals surface area contributed by atoms with Gasteiger partial charge in [-0.25, -0.2) is 0 Å². The van der Waals surface area contributed by atoms with Gasteiger partial charge in [-0.1, -0.05) is 25.7 Å². The number of methoxy groups -OCH3 is 1. The number of carbonyl (C=O) groups is 1. The molecule has 4 nitrogen and oxygen atoms in total. The van der Waals surface area contributed by atoms with Gasteiger partial charge in [0.15, 0.2) is 0 Å². The van der Waals surface area contributed by atoms with Crippen molar-refractivity contribution in [1.29, 1.82) is 0 Å². The summed E-state index contributed by atoms with van der Waals surface area (Å²) in [5, 5.41) is 6.53. The zero-order chi connectivity index (χ0) is 14.3. The van der Waals surface area contributed by atoms with Crippen molar-refractivity contribution in [1.82, 2.24) is 10.6 Å². The Labute approximate surface area is 135 Å². The van der Waals surface area contributed by atoms with E-state index in [1.54, 1.807) is 7.11 Å². The van der Waals surface area contributed by atoms with Crippen LogP contribution in [0.3, 0.4) is 0 Å². The van der Waals surface area contributed by atoms with Crippen molar-refractivity contribution in [2.45, 2.75) is 51.4 Å². The Hall–Kier alpha value is -0.320. The second-order valence-corrected chi connectivity index (χ2v) is 6.65. The van der Waals surface area contributed by atoms with Gasteiger partial charge in [-0.2, -0.15) is 0 Å². The van der Waals surface area contributed by atoms with Crippen molar-refractivity contribution < 1.29 is 9.53 Å². The highest BCUT2D eigenvalue weighted by molar-refractivity contribution is 5.85. The second kappa shape index (κ2) is 9.65. The summed E-state index contributed by atoms with van der Waals surface area (Å²) in [5.41, 5.74) is 0.142. The summed E-state index contributed by atoms with van der Waals surface area (Å²) in [5.74, 6) is 1.03. The minimum atomic E-state index is 0. The molecule has 2 fully saturated rings. The lowest BCUT2D eigenvalue weighted by molar-refractivity contribution is -0.122. The Kier molecular flexibility index (Phi) is 8.60. The SMILES string of the molecule is COCC1(CNC(=O)CCC2CCCC2)CCNCC1.Cl. The van der Waals surface area contributed by atoms with E-state index in [0.717, 1.165) is 51.4 Å². The lowest BCUT2D eigenvalue weighted by atomic mass is 9.79. The number of rotatable bonds is 7. The number of hydrogen-bond donors (Lipinski definition) is 2. The number of carbonyl (C=O) groups excluding carboxylic acids is 1. The highest BCUT2D eigenvalue weighted by Gasteiger charge is 2.32. The average molecular weight is 319 g/mol. The van der Waals surface area contributed by atoms with Gasteiger partial charge in [0.05, 0.1) is 6.61 Å². The fourth-order valence-corrected chi connectivity index (χ4v) is 3.64. The summed E-state index contributed by atoms with van der Waals surface area (Å²) in [6.45, 7) is 3.58. The summed E-state index contributed by atoms with van der Waals surface area (Å²) in [4.78, 5) is 12.0. The van der Waals surface area contributed by atoms with E-state index in [2.05, 4.69) is 10.6 Å². The molecule has 2 rings (SSSR count). The van der Waals surface area contributed by atoms with Crippen LogP contribution in [0, 0.1) is 11.3 Å². The zero-order valence-electron chi connectivity index (χ0n) is 13.3. The lowest BCUT2D eigenvalue weighted by Crippen LogP contribution is -2.47. The van der Waals surface area contributed by atoms with Crippen LogP contribution in [0.1, 0.15) is 51.4 Å². The maximum Gasteiger partial charge on any atom is 0.220 e. The first-order valence-corrected chi connectivity index (χ1v) is 8.20.